The summed E-state index contributed by atoms with van der Waals surface area (Å²) in [5.41, 5.74) is -0.613. The molecule has 0 aliphatic heterocycles. The fourth-order valence-electron chi connectivity index (χ4n) is 2.82. The molecule has 1 unspecified atom stereocenters. The molecule has 5 nitrogen and oxygen atoms in total. The second kappa shape index (κ2) is 6.39. The van der Waals surface area contributed by atoms with Gasteiger partial charge in [-0.25, -0.2) is 0 Å². The van der Waals surface area contributed by atoms with Gasteiger partial charge in [0.05, 0.1) is 12.8 Å². The highest BCUT2D eigenvalue weighted by molar-refractivity contribution is 14.0. The van der Waals surface area contributed by atoms with Gasteiger partial charge in [0.25, 0.3) is 0 Å². The molecule has 0 amide bonds. The van der Waals surface area contributed by atoms with Gasteiger partial charge in [-0.15, -0.1) is 24.0 Å². The second-order valence-electron chi connectivity index (χ2n) is 7.20. The smallest absolute Gasteiger partial charge is 0.191 e. The molecule has 0 radical (unpaired) electrons. The van der Waals surface area contributed by atoms with Gasteiger partial charge in [-0.3, -0.25) is 4.99 Å². The van der Waals surface area contributed by atoms with Crippen molar-refractivity contribution in [1.82, 2.24) is 10.6 Å². The Hall–Kier alpha value is -0.760. The molecule has 1 aliphatic carbocycles. The van der Waals surface area contributed by atoms with Crippen molar-refractivity contribution in [1.29, 1.82) is 0 Å². The summed E-state index contributed by atoms with van der Waals surface area (Å²) < 4.78 is 5.27. The van der Waals surface area contributed by atoms with Gasteiger partial charge >= 0.3 is 0 Å². The summed E-state index contributed by atoms with van der Waals surface area (Å²) >= 11 is 0. The summed E-state index contributed by atoms with van der Waals surface area (Å²) in [6.07, 6.45) is 1.56. The van der Waals surface area contributed by atoms with Crippen LogP contribution in [0.5, 0.6) is 0 Å². The highest BCUT2D eigenvalue weighted by Gasteiger charge is 2.65. The molecule has 1 heterocycles. The molecule has 3 N–H and O–H groups in total. The maximum absolute atomic E-state index is 10.4. The number of rotatable bonds is 4. The monoisotopic (exact) mass is 421 g/mol. The minimum atomic E-state index is -1.07. The summed E-state index contributed by atoms with van der Waals surface area (Å²) in [6.45, 7) is 11.0. The molecule has 1 fully saturated rings. The van der Waals surface area contributed by atoms with Gasteiger partial charge in [0, 0.05) is 13.1 Å². The zero-order valence-electron chi connectivity index (χ0n) is 14.2. The zero-order chi connectivity index (χ0) is 15.9. The molecule has 0 saturated heterocycles. The van der Waals surface area contributed by atoms with E-state index in [0.29, 0.717) is 24.3 Å². The van der Waals surface area contributed by atoms with E-state index in [1.165, 1.54) is 0 Å². The topological polar surface area (TPSA) is 69.8 Å². The Balaban J connectivity index is 0.00000242. The largest absolute Gasteiger partial charge is 0.466 e. The summed E-state index contributed by atoms with van der Waals surface area (Å²) in [6, 6.07) is 3.90. The van der Waals surface area contributed by atoms with Gasteiger partial charge in [-0.1, -0.05) is 27.7 Å². The van der Waals surface area contributed by atoms with E-state index < -0.39 is 5.60 Å². The van der Waals surface area contributed by atoms with E-state index in [9.17, 15) is 5.11 Å². The van der Waals surface area contributed by atoms with Gasteiger partial charge < -0.3 is 20.2 Å². The van der Waals surface area contributed by atoms with Crippen LogP contribution in [0.1, 0.15) is 40.4 Å². The minimum Gasteiger partial charge on any atom is -0.466 e. The van der Waals surface area contributed by atoms with Crippen LogP contribution >= 0.6 is 24.0 Å². The number of hydrogen-bond acceptors (Lipinski definition) is 3. The van der Waals surface area contributed by atoms with E-state index in [0.717, 1.165) is 0 Å². The van der Waals surface area contributed by atoms with Crippen LogP contribution in [0, 0.1) is 10.8 Å². The Bertz CT molecular complexity index is 508. The number of guanidine groups is 1. The highest BCUT2D eigenvalue weighted by Crippen LogP contribution is 2.62. The normalized spacial score (nSPS) is 22.4. The number of hydrogen-bond donors (Lipinski definition) is 3. The first-order valence-electron chi connectivity index (χ1n) is 7.36. The fraction of sp³-hybridized carbons (Fsp3) is 0.688. The average Bonchev–Trinajstić information content (AvgIpc) is 2.85. The fourth-order valence-corrected chi connectivity index (χ4v) is 2.82. The van der Waals surface area contributed by atoms with Crippen molar-refractivity contribution < 1.29 is 9.52 Å². The van der Waals surface area contributed by atoms with Crippen LogP contribution in [0.25, 0.3) is 0 Å². The van der Waals surface area contributed by atoms with Crippen LogP contribution < -0.4 is 10.6 Å². The van der Waals surface area contributed by atoms with Crippen molar-refractivity contribution in [3.63, 3.8) is 0 Å². The molecule has 126 valence electrons. The van der Waals surface area contributed by atoms with Crippen molar-refractivity contribution in [2.75, 3.05) is 13.6 Å². The van der Waals surface area contributed by atoms with Gasteiger partial charge in [0.1, 0.15) is 11.4 Å². The summed E-state index contributed by atoms with van der Waals surface area (Å²) in [4.78, 5) is 4.24. The average molecular weight is 421 g/mol. The molecular formula is C16H28IN3O2. The molecule has 1 aromatic rings. The molecule has 1 aliphatic rings. The Morgan fingerprint density at radius 3 is 2.36 bits per heavy atom. The molecule has 2 rings (SSSR count). The lowest BCUT2D eigenvalue weighted by atomic mass is 10.0. The molecule has 0 aromatic carbocycles. The van der Waals surface area contributed by atoms with Crippen molar-refractivity contribution in [3.05, 3.63) is 24.2 Å². The Kier molecular flexibility index (Phi) is 5.60. The maximum atomic E-state index is 10.4. The van der Waals surface area contributed by atoms with E-state index >= 15 is 0 Å². The van der Waals surface area contributed by atoms with E-state index in [-0.39, 0.29) is 34.8 Å². The van der Waals surface area contributed by atoms with Gasteiger partial charge in [-0.2, -0.15) is 0 Å². The number of nitrogens with one attached hydrogen (secondary N) is 2. The molecular weight excluding hydrogens is 393 g/mol. The van der Waals surface area contributed by atoms with E-state index in [4.69, 9.17) is 4.42 Å². The number of furan rings is 1. The third kappa shape index (κ3) is 3.42. The Labute approximate surface area is 150 Å². The lowest BCUT2D eigenvalue weighted by molar-refractivity contribution is 0.0385. The highest BCUT2D eigenvalue weighted by atomic mass is 127. The van der Waals surface area contributed by atoms with Crippen LogP contribution in [-0.2, 0) is 5.60 Å². The van der Waals surface area contributed by atoms with Crippen molar-refractivity contribution in [2.45, 2.75) is 46.3 Å². The second-order valence-corrected chi connectivity index (χ2v) is 7.20. The van der Waals surface area contributed by atoms with Crippen LogP contribution in [0.2, 0.25) is 0 Å². The van der Waals surface area contributed by atoms with Crippen molar-refractivity contribution >= 4 is 29.9 Å². The van der Waals surface area contributed by atoms with Crippen LogP contribution in [0.4, 0.5) is 0 Å². The molecule has 6 heteroatoms. The quantitative estimate of drug-likeness (QED) is 0.397. The Morgan fingerprint density at radius 2 is 1.95 bits per heavy atom. The Morgan fingerprint density at radius 1 is 1.36 bits per heavy atom. The zero-order valence-corrected chi connectivity index (χ0v) is 16.6. The van der Waals surface area contributed by atoms with Crippen LogP contribution in [0.3, 0.4) is 0 Å². The standard InChI is InChI=1S/C16H27N3O2.HI/c1-14(2)12(15(14,3)4)19-13(17-6)18-10-16(5,20)11-8-7-9-21-11;/h7-9,12,20H,10H2,1-6H3,(H2,17,18,19);1H. The first-order chi connectivity index (χ1) is 9.63. The van der Waals surface area contributed by atoms with E-state index in [1.54, 1.807) is 32.4 Å². The number of aliphatic hydroxyl groups is 1. The predicted octanol–water partition coefficient (Wildman–Crippen LogP) is 2.70. The molecule has 1 aromatic heterocycles. The van der Waals surface area contributed by atoms with Gasteiger partial charge in [0.2, 0.25) is 0 Å². The van der Waals surface area contributed by atoms with Gasteiger partial charge in [0.15, 0.2) is 5.96 Å². The van der Waals surface area contributed by atoms with E-state index in [2.05, 4.69) is 43.3 Å². The summed E-state index contributed by atoms with van der Waals surface area (Å²) in [7, 11) is 1.74. The molecule has 0 bridgehead atoms. The lowest BCUT2D eigenvalue weighted by Gasteiger charge is -2.23. The summed E-state index contributed by atoms with van der Waals surface area (Å²) in [5.74, 6) is 1.24. The third-order valence-corrected chi connectivity index (χ3v) is 5.18. The molecule has 1 saturated carbocycles. The van der Waals surface area contributed by atoms with Crippen molar-refractivity contribution in [2.24, 2.45) is 15.8 Å². The minimum absolute atomic E-state index is 0. The first kappa shape index (κ1) is 19.3. The summed E-state index contributed by atoms with van der Waals surface area (Å²) in [5, 5.41) is 17.0. The number of aliphatic imine (C=N–C) groups is 1. The number of halogens is 1. The van der Waals surface area contributed by atoms with Gasteiger partial charge in [-0.05, 0) is 29.9 Å². The molecule has 0 spiro atoms. The third-order valence-electron chi connectivity index (χ3n) is 5.18. The predicted molar refractivity (Wildman–Crippen MR) is 99.5 cm³/mol. The molecule has 1 atom stereocenters. The SMILES string of the molecule is CN=C(NCC(C)(O)c1ccco1)NC1C(C)(C)C1(C)C.I. The number of nitrogens with zero attached hydrogens (tertiary/aromatic N) is 1. The maximum Gasteiger partial charge on any atom is 0.191 e. The van der Waals surface area contributed by atoms with Crippen LogP contribution in [0.15, 0.2) is 27.8 Å². The molecule has 22 heavy (non-hydrogen) atoms. The lowest BCUT2D eigenvalue weighted by Crippen LogP contribution is -2.46. The first-order valence-corrected chi connectivity index (χ1v) is 7.36. The van der Waals surface area contributed by atoms with Crippen molar-refractivity contribution in [3.8, 4) is 0 Å². The van der Waals surface area contributed by atoms with E-state index in [1.807, 2.05) is 0 Å². The van der Waals surface area contributed by atoms with Crippen LogP contribution in [-0.4, -0.2) is 30.7 Å².